The van der Waals surface area contributed by atoms with Crippen LogP contribution in [-0.2, 0) is 13.2 Å². The number of carbonyl (C=O) groups excluding carboxylic acids is 1. The molecule has 0 radical (unpaired) electrons. The summed E-state index contributed by atoms with van der Waals surface area (Å²) in [7, 11) is 0. The van der Waals surface area contributed by atoms with Gasteiger partial charge in [-0.15, -0.1) is 0 Å². The summed E-state index contributed by atoms with van der Waals surface area (Å²) in [5.41, 5.74) is 5.99. The zero-order valence-corrected chi connectivity index (χ0v) is 18.1. The fourth-order valence-corrected chi connectivity index (χ4v) is 3.13. The minimum atomic E-state index is -0.268. The number of ether oxygens (including phenoxy) is 2. The van der Waals surface area contributed by atoms with Crippen molar-refractivity contribution in [3.63, 3.8) is 0 Å². The van der Waals surface area contributed by atoms with Gasteiger partial charge in [0.2, 0.25) is 0 Å². The monoisotopic (exact) mass is 436 g/mol. The molecule has 164 valence electrons. The van der Waals surface area contributed by atoms with Crippen molar-refractivity contribution >= 4 is 12.1 Å². The predicted molar refractivity (Wildman–Crippen MR) is 129 cm³/mol. The van der Waals surface area contributed by atoms with Gasteiger partial charge in [-0.25, -0.2) is 5.43 Å². The highest BCUT2D eigenvalue weighted by Crippen LogP contribution is 2.29. The number of amides is 1. The number of carbonyl (C=O) groups is 1. The maximum atomic E-state index is 12.2. The lowest BCUT2D eigenvalue weighted by atomic mass is 10.2. The fraction of sp³-hybridized carbons (Fsp3) is 0.0714. The van der Waals surface area contributed by atoms with Crippen molar-refractivity contribution in [2.75, 3.05) is 0 Å². The Morgan fingerprint density at radius 3 is 1.85 bits per heavy atom. The molecule has 4 aromatic carbocycles. The molecule has 0 aliphatic carbocycles. The molecule has 0 saturated carbocycles. The Balaban J connectivity index is 1.47. The molecule has 0 aliphatic heterocycles. The number of hydrogen-bond donors (Lipinski definition) is 1. The Hall–Kier alpha value is -4.38. The third kappa shape index (κ3) is 6.55. The van der Waals surface area contributed by atoms with Gasteiger partial charge < -0.3 is 9.47 Å². The summed E-state index contributed by atoms with van der Waals surface area (Å²) in [5, 5.41) is 4.08. The van der Waals surface area contributed by atoms with Crippen LogP contribution in [0.25, 0.3) is 0 Å². The Bertz CT molecular complexity index is 1190. The summed E-state index contributed by atoms with van der Waals surface area (Å²) in [6.07, 6.45) is 1.58. The summed E-state index contributed by atoms with van der Waals surface area (Å²) in [6, 6.07) is 34.4. The lowest BCUT2D eigenvalue weighted by molar-refractivity contribution is 0.0955. The van der Waals surface area contributed by atoms with Crippen molar-refractivity contribution in [3.05, 3.63) is 131 Å². The molecule has 0 aromatic heterocycles. The molecule has 1 amide bonds. The van der Waals surface area contributed by atoms with Crippen LogP contribution in [-0.4, -0.2) is 12.1 Å². The van der Waals surface area contributed by atoms with Crippen LogP contribution in [0.15, 0.2) is 114 Å². The number of rotatable bonds is 9. The van der Waals surface area contributed by atoms with E-state index < -0.39 is 0 Å². The zero-order chi connectivity index (χ0) is 22.7. The highest BCUT2D eigenvalue weighted by molar-refractivity contribution is 5.94. The van der Waals surface area contributed by atoms with Crippen LogP contribution in [0.5, 0.6) is 11.5 Å². The lowest BCUT2D eigenvalue weighted by Gasteiger charge is -2.14. The van der Waals surface area contributed by atoms with E-state index in [1.165, 1.54) is 0 Å². The topological polar surface area (TPSA) is 59.9 Å². The van der Waals surface area contributed by atoms with Gasteiger partial charge in [-0.1, -0.05) is 78.9 Å². The van der Waals surface area contributed by atoms with E-state index in [0.717, 1.165) is 16.7 Å². The first-order valence-corrected chi connectivity index (χ1v) is 10.6. The second-order valence-electron chi connectivity index (χ2n) is 7.32. The van der Waals surface area contributed by atoms with Crippen LogP contribution >= 0.6 is 0 Å². The van der Waals surface area contributed by atoms with Crippen molar-refractivity contribution < 1.29 is 14.3 Å². The van der Waals surface area contributed by atoms with Gasteiger partial charge in [0, 0.05) is 5.56 Å². The standard InChI is InChI=1S/C28H24N2O3/c31-28(25-14-8-3-9-15-25)30-29-19-24-16-17-26(32-20-22-10-4-1-5-11-22)27(18-24)33-21-23-12-6-2-7-13-23/h1-19H,20-21H2,(H,30,31)/b29-19-. The van der Waals surface area contributed by atoms with Crippen molar-refractivity contribution in [3.8, 4) is 11.5 Å². The van der Waals surface area contributed by atoms with Crippen LogP contribution in [0, 0.1) is 0 Å². The van der Waals surface area contributed by atoms with Crippen LogP contribution in [0.2, 0.25) is 0 Å². The molecule has 0 heterocycles. The van der Waals surface area contributed by atoms with E-state index >= 15 is 0 Å². The van der Waals surface area contributed by atoms with E-state index in [1.807, 2.05) is 97.1 Å². The molecule has 5 nitrogen and oxygen atoms in total. The number of nitrogens with zero attached hydrogens (tertiary/aromatic N) is 1. The van der Waals surface area contributed by atoms with Crippen LogP contribution < -0.4 is 14.9 Å². The molecule has 0 bridgehead atoms. The molecule has 5 heteroatoms. The molecule has 0 aliphatic rings. The molecular weight excluding hydrogens is 412 g/mol. The van der Waals surface area contributed by atoms with E-state index in [4.69, 9.17) is 9.47 Å². The molecule has 4 aromatic rings. The van der Waals surface area contributed by atoms with Gasteiger partial charge in [0.15, 0.2) is 11.5 Å². The van der Waals surface area contributed by atoms with Gasteiger partial charge in [0.25, 0.3) is 5.91 Å². The predicted octanol–water partition coefficient (Wildman–Crippen LogP) is 5.61. The largest absolute Gasteiger partial charge is 0.485 e. The number of nitrogens with one attached hydrogen (secondary N) is 1. The SMILES string of the molecule is O=C(N/N=C\c1ccc(OCc2ccccc2)c(OCc2ccccc2)c1)c1ccccc1. The van der Waals surface area contributed by atoms with Crippen LogP contribution in [0.4, 0.5) is 0 Å². The quantitative estimate of drug-likeness (QED) is 0.274. The first-order chi connectivity index (χ1) is 16.3. The lowest BCUT2D eigenvalue weighted by Crippen LogP contribution is -2.17. The molecule has 33 heavy (non-hydrogen) atoms. The average molecular weight is 437 g/mol. The summed E-state index contributed by atoms with van der Waals surface area (Å²) in [6.45, 7) is 0.844. The van der Waals surface area contributed by atoms with Crippen LogP contribution in [0.3, 0.4) is 0 Å². The zero-order valence-electron chi connectivity index (χ0n) is 18.1. The van der Waals surface area contributed by atoms with Gasteiger partial charge in [-0.05, 0) is 47.0 Å². The van der Waals surface area contributed by atoms with Crippen molar-refractivity contribution in [1.29, 1.82) is 0 Å². The Morgan fingerprint density at radius 1 is 0.697 bits per heavy atom. The van der Waals surface area contributed by atoms with Gasteiger partial charge in [-0.3, -0.25) is 4.79 Å². The minimum Gasteiger partial charge on any atom is -0.485 e. The molecule has 0 saturated heterocycles. The minimum absolute atomic E-state index is 0.268. The van der Waals surface area contributed by atoms with E-state index in [1.54, 1.807) is 18.3 Å². The maximum absolute atomic E-state index is 12.2. The van der Waals surface area contributed by atoms with E-state index in [-0.39, 0.29) is 5.91 Å². The third-order valence-corrected chi connectivity index (χ3v) is 4.86. The summed E-state index contributed by atoms with van der Waals surface area (Å²) in [5.74, 6) is 0.976. The van der Waals surface area contributed by atoms with Gasteiger partial charge in [0.1, 0.15) is 13.2 Å². The normalized spacial score (nSPS) is 10.7. The van der Waals surface area contributed by atoms with Crippen molar-refractivity contribution in [2.45, 2.75) is 13.2 Å². The second-order valence-corrected chi connectivity index (χ2v) is 7.32. The molecular formula is C28H24N2O3. The second kappa shape index (κ2) is 11.3. The van der Waals surface area contributed by atoms with Crippen molar-refractivity contribution in [2.24, 2.45) is 5.10 Å². The fourth-order valence-electron chi connectivity index (χ4n) is 3.13. The summed E-state index contributed by atoms with van der Waals surface area (Å²) >= 11 is 0. The first-order valence-electron chi connectivity index (χ1n) is 10.6. The van der Waals surface area contributed by atoms with E-state index in [2.05, 4.69) is 10.5 Å². The van der Waals surface area contributed by atoms with E-state index in [0.29, 0.717) is 30.3 Å². The number of benzene rings is 4. The Labute approximate surface area is 193 Å². The van der Waals surface area contributed by atoms with E-state index in [9.17, 15) is 4.79 Å². The van der Waals surface area contributed by atoms with Crippen molar-refractivity contribution in [1.82, 2.24) is 5.43 Å². The Morgan fingerprint density at radius 2 is 1.24 bits per heavy atom. The number of hydrazone groups is 1. The van der Waals surface area contributed by atoms with Gasteiger partial charge >= 0.3 is 0 Å². The number of hydrogen-bond acceptors (Lipinski definition) is 4. The van der Waals surface area contributed by atoms with Crippen LogP contribution in [0.1, 0.15) is 27.0 Å². The third-order valence-electron chi connectivity index (χ3n) is 4.86. The highest BCUT2D eigenvalue weighted by atomic mass is 16.5. The molecule has 0 atom stereocenters. The summed E-state index contributed by atoms with van der Waals surface area (Å²) < 4.78 is 12.1. The summed E-state index contributed by atoms with van der Waals surface area (Å²) in [4.78, 5) is 12.2. The van der Waals surface area contributed by atoms with Gasteiger partial charge in [0.05, 0.1) is 6.21 Å². The highest BCUT2D eigenvalue weighted by Gasteiger charge is 2.08. The van der Waals surface area contributed by atoms with Gasteiger partial charge in [-0.2, -0.15) is 5.10 Å². The molecule has 0 unspecified atom stereocenters. The average Bonchev–Trinajstić information content (AvgIpc) is 2.88. The molecule has 1 N–H and O–H groups in total. The molecule has 0 spiro atoms. The molecule has 4 rings (SSSR count). The Kier molecular flexibility index (Phi) is 7.48. The first kappa shape index (κ1) is 21.8. The maximum Gasteiger partial charge on any atom is 0.271 e. The molecule has 0 fully saturated rings. The smallest absolute Gasteiger partial charge is 0.271 e.